The SMILES string of the molecule is O=C(O)CC1CCN(C(CCc2cc(F)cc(F)c2)CCC(F)(F)F)C(c2ccc(C(F)(F)F)cc2)C1. The molecule has 1 N–H and O–H groups in total. The third-order valence-corrected chi connectivity index (χ3v) is 6.76. The number of hydrogen-bond donors (Lipinski definition) is 1. The van der Waals surface area contributed by atoms with Crippen LogP contribution in [0.3, 0.4) is 0 Å². The van der Waals surface area contributed by atoms with Gasteiger partial charge in [0.2, 0.25) is 0 Å². The summed E-state index contributed by atoms with van der Waals surface area (Å²) in [4.78, 5) is 13.1. The van der Waals surface area contributed by atoms with Gasteiger partial charge in [-0.1, -0.05) is 12.1 Å². The van der Waals surface area contributed by atoms with Gasteiger partial charge in [-0.3, -0.25) is 9.69 Å². The molecule has 3 nitrogen and oxygen atoms in total. The number of carboxylic acids is 1. The monoisotopic (exact) mass is 537 g/mol. The number of hydrogen-bond acceptors (Lipinski definition) is 2. The van der Waals surface area contributed by atoms with E-state index >= 15 is 0 Å². The summed E-state index contributed by atoms with van der Waals surface area (Å²) >= 11 is 0. The number of alkyl halides is 6. The minimum absolute atomic E-state index is 0.0893. The number of piperidine rings is 1. The fourth-order valence-electron chi connectivity index (χ4n) is 5.04. The van der Waals surface area contributed by atoms with Crippen LogP contribution in [0.15, 0.2) is 42.5 Å². The van der Waals surface area contributed by atoms with Gasteiger partial charge < -0.3 is 5.11 Å². The highest BCUT2D eigenvalue weighted by molar-refractivity contribution is 5.67. The summed E-state index contributed by atoms with van der Waals surface area (Å²) in [5.74, 6) is -2.95. The van der Waals surface area contributed by atoms with Crippen molar-refractivity contribution in [3.63, 3.8) is 0 Å². The number of rotatable bonds is 9. The second-order valence-electron chi connectivity index (χ2n) is 9.49. The quantitative estimate of drug-likeness (QED) is 0.336. The molecule has 204 valence electrons. The first-order chi connectivity index (χ1) is 17.2. The van der Waals surface area contributed by atoms with Crippen molar-refractivity contribution in [2.24, 2.45) is 5.92 Å². The normalized spacial score (nSPS) is 20.1. The average molecular weight is 537 g/mol. The third kappa shape index (κ3) is 8.69. The molecule has 2 aromatic rings. The Kier molecular flexibility index (Phi) is 9.20. The molecule has 11 heteroatoms. The maximum Gasteiger partial charge on any atom is 0.416 e. The van der Waals surface area contributed by atoms with Gasteiger partial charge in [0.05, 0.1) is 5.56 Å². The third-order valence-electron chi connectivity index (χ3n) is 6.76. The Bertz CT molecular complexity index is 1030. The average Bonchev–Trinajstić information content (AvgIpc) is 2.77. The number of carboxylic acid groups (broad SMARTS) is 1. The zero-order valence-electron chi connectivity index (χ0n) is 19.8. The van der Waals surface area contributed by atoms with E-state index in [0.717, 1.165) is 24.3 Å². The molecule has 1 saturated heterocycles. The zero-order chi connectivity index (χ0) is 27.4. The van der Waals surface area contributed by atoms with E-state index in [0.29, 0.717) is 18.1 Å². The first-order valence-electron chi connectivity index (χ1n) is 11.9. The van der Waals surface area contributed by atoms with Crippen LogP contribution in [-0.2, 0) is 17.4 Å². The van der Waals surface area contributed by atoms with Crippen LogP contribution in [0, 0.1) is 17.6 Å². The Morgan fingerprint density at radius 1 is 0.973 bits per heavy atom. The van der Waals surface area contributed by atoms with E-state index in [2.05, 4.69) is 0 Å². The molecule has 37 heavy (non-hydrogen) atoms. The molecule has 1 heterocycles. The molecule has 3 unspecified atom stereocenters. The number of halogens is 8. The van der Waals surface area contributed by atoms with Gasteiger partial charge in [-0.2, -0.15) is 26.3 Å². The molecular weight excluding hydrogens is 510 g/mol. The van der Waals surface area contributed by atoms with E-state index in [1.165, 1.54) is 12.1 Å². The molecule has 0 bridgehead atoms. The maximum atomic E-state index is 13.6. The molecule has 0 radical (unpaired) electrons. The predicted molar refractivity (Wildman–Crippen MR) is 120 cm³/mol. The van der Waals surface area contributed by atoms with Crippen molar-refractivity contribution in [1.29, 1.82) is 0 Å². The lowest BCUT2D eigenvalue weighted by molar-refractivity contribution is -0.141. The van der Waals surface area contributed by atoms with Crippen LogP contribution < -0.4 is 0 Å². The number of benzene rings is 2. The van der Waals surface area contributed by atoms with E-state index in [1.807, 2.05) is 0 Å². The standard InChI is InChI=1S/C26H27F8NO2/c27-20-11-16(12-21(28)15-20)1-6-22(7-9-25(29,30)31)35-10-8-17(14-24(36)37)13-23(35)18-2-4-19(5-3-18)26(32,33)34/h2-5,11-12,15,17,22-23H,1,6-10,13-14H2,(H,36,37). The minimum atomic E-state index is -4.56. The van der Waals surface area contributed by atoms with Crippen molar-refractivity contribution in [2.75, 3.05) is 6.54 Å². The molecule has 2 aromatic carbocycles. The summed E-state index contributed by atoms with van der Waals surface area (Å²) in [5, 5.41) is 9.23. The van der Waals surface area contributed by atoms with Gasteiger partial charge in [0.15, 0.2) is 0 Å². The van der Waals surface area contributed by atoms with Crippen LogP contribution in [-0.4, -0.2) is 34.7 Å². The Morgan fingerprint density at radius 3 is 2.14 bits per heavy atom. The van der Waals surface area contributed by atoms with Gasteiger partial charge in [-0.05, 0) is 80.0 Å². The minimum Gasteiger partial charge on any atom is -0.481 e. The van der Waals surface area contributed by atoms with Crippen LogP contribution in [0.25, 0.3) is 0 Å². The van der Waals surface area contributed by atoms with Gasteiger partial charge in [0, 0.05) is 31.0 Å². The Balaban J connectivity index is 1.90. The van der Waals surface area contributed by atoms with Crippen molar-refractivity contribution in [3.05, 3.63) is 70.8 Å². The highest BCUT2D eigenvalue weighted by Crippen LogP contribution is 2.40. The number of aliphatic carboxylic acids is 1. The van der Waals surface area contributed by atoms with Gasteiger partial charge >= 0.3 is 18.3 Å². The summed E-state index contributed by atoms with van der Waals surface area (Å²) in [6, 6.07) is 5.93. The van der Waals surface area contributed by atoms with Crippen molar-refractivity contribution < 1.29 is 45.0 Å². The van der Waals surface area contributed by atoms with Gasteiger partial charge in [-0.15, -0.1) is 0 Å². The molecule has 0 aliphatic carbocycles. The Morgan fingerprint density at radius 2 is 1.59 bits per heavy atom. The van der Waals surface area contributed by atoms with E-state index in [1.54, 1.807) is 4.90 Å². The summed E-state index contributed by atoms with van der Waals surface area (Å²) in [6.45, 7) is 0.240. The first-order valence-corrected chi connectivity index (χ1v) is 11.9. The fourth-order valence-corrected chi connectivity index (χ4v) is 5.04. The number of aryl methyl sites for hydroxylation is 1. The molecule has 0 aromatic heterocycles. The summed E-state index contributed by atoms with van der Waals surface area (Å²) in [7, 11) is 0. The van der Waals surface area contributed by atoms with Gasteiger partial charge in [0.25, 0.3) is 0 Å². The van der Waals surface area contributed by atoms with E-state index in [9.17, 15) is 45.0 Å². The Hall–Kier alpha value is -2.69. The van der Waals surface area contributed by atoms with E-state index in [-0.39, 0.29) is 50.1 Å². The van der Waals surface area contributed by atoms with Gasteiger partial charge in [-0.25, -0.2) is 8.78 Å². The largest absolute Gasteiger partial charge is 0.481 e. The van der Waals surface area contributed by atoms with Crippen LogP contribution in [0.2, 0.25) is 0 Å². The smallest absolute Gasteiger partial charge is 0.416 e. The molecule has 3 atom stereocenters. The van der Waals surface area contributed by atoms with Gasteiger partial charge in [0.1, 0.15) is 11.6 Å². The fraction of sp³-hybridized carbons (Fsp3) is 0.500. The predicted octanol–water partition coefficient (Wildman–Crippen LogP) is 7.56. The molecule has 1 fully saturated rings. The number of likely N-dealkylation sites (tertiary alicyclic amines) is 1. The van der Waals surface area contributed by atoms with Crippen LogP contribution in [0.4, 0.5) is 35.1 Å². The van der Waals surface area contributed by atoms with Crippen molar-refractivity contribution in [1.82, 2.24) is 4.90 Å². The molecule has 3 rings (SSSR count). The molecule has 1 aliphatic heterocycles. The lowest BCUT2D eigenvalue weighted by Gasteiger charge is -2.44. The highest BCUT2D eigenvalue weighted by Gasteiger charge is 2.37. The topological polar surface area (TPSA) is 40.5 Å². The van der Waals surface area contributed by atoms with Crippen LogP contribution >= 0.6 is 0 Å². The summed E-state index contributed by atoms with van der Waals surface area (Å²) in [5.41, 5.74) is -0.152. The Labute approximate surface area is 209 Å². The maximum absolute atomic E-state index is 13.6. The van der Waals surface area contributed by atoms with Crippen LogP contribution in [0.5, 0.6) is 0 Å². The van der Waals surface area contributed by atoms with E-state index in [4.69, 9.17) is 0 Å². The molecule has 0 saturated carbocycles. The molecular formula is C26H27F8NO2. The van der Waals surface area contributed by atoms with Crippen LogP contribution in [0.1, 0.15) is 61.3 Å². The van der Waals surface area contributed by atoms with Crippen molar-refractivity contribution in [2.45, 2.75) is 69.4 Å². The van der Waals surface area contributed by atoms with Crippen molar-refractivity contribution in [3.8, 4) is 0 Å². The highest BCUT2D eigenvalue weighted by atomic mass is 19.4. The lowest BCUT2D eigenvalue weighted by Crippen LogP contribution is -2.44. The number of carbonyl (C=O) groups is 1. The number of nitrogens with zero attached hydrogens (tertiary/aromatic N) is 1. The van der Waals surface area contributed by atoms with Crippen molar-refractivity contribution >= 4 is 5.97 Å². The zero-order valence-corrected chi connectivity index (χ0v) is 19.8. The second kappa shape index (κ2) is 11.8. The summed E-state index contributed by atoms with van der Waals surface area (Å²) in [6.07, 6.45) is -9.76. The molecule has 1 aliphatic rings. The second-order valence-corrected chi connectivity index (χ2v) is 9.49. The molecule has 0 spiro atoms. The molecule has 0 amide bonds. The summed E-state index contributed by atoms with van der Waals surface area (Å²) < 4.78 is 106. The van der Waals surface area contributed by atoms with E-state index < -0.39 is 54.0 Å². The lowest BCUT2D eigenvalue weighted by atomic mass is 9.83. The first kappa shape index (κ1) is 28.9.